The third kappa shape index (κ3) is 3.22. The van der Waals surface area contributed by atoms with Gasteiger partial charge in [-0.15, -0.1) is 0 Å². The van der Waals surface area contributed by atoms with Gasteiger partial charge in [0.25, 0.3) is 0 Å². The maximum absolute atomic E-state index is 14.4. The van der Waals surface area contributed by atoms with Crippen LogP contribution in [0.25, 0.3) is 0 Å². The quantitative estimate of drug-likeness (QED) is 0.725. The van der Waals surface area contributed by atoms with Gasteiger partial charge in [0.1, 0.15) is 0 Å². The van der Waals surface area contributed by atoms with Crippen LogP contribution in [-0.2, 0) is 0 Å². The number of halogens is 3. The molecule has 2 atom stereocenters. The summed E-state index contributed by atoms with van der Waals surface area (Å²) in [4.78, 5) is 9.98. The predicted molar refractivity (Wildman–Crippen MR) is 94.1 cm³/mol. The van der Waals surface area contributed by atoms with E-state index in [4.69, 9.17) is 11.6 Å². The number of benzene rings is 1. The summed E-state index contributed by atoms with van der Waals surface area (Å²) < 4.78 is 28.6. The Balaban J connectivity index is 1.60. The zero-order valence-electron chi connectivity index (χ0n) is 14.3. The van der Waals surface area contributed by atoms with Crippen LogP contribution in [0.2, 0.25) is 5.28 Å². The number of nitrogens with zero attached hydrogens (tertiary/aromatic N) is 3. The van der Waals surface area contributed by atoms with Crippen molar-refractivity contribution in [1.82, 2.24) is 9.97 Å². The fourth-order valence-corrected chi connectivity index (χ4v) is 3.90. The minimum absolute atomic E-state index is 0.127. The highest BCUT2D eigenvalue weighted by Crippen LogP contribution is 2.55. The van der Waals surface area contributed by atoms with Crippen molar-refractivity contribution in [3.8, 4) is 0 Å². The molecule has 1 saturated heterocycles. The first-order chi connectivity index (χ1) is 11.8. The number of hydrogen-bond acceptors (Lipinski definition) is 3. The smallest absolute Gasteiger partial charge is 0.222 e. The Morgan fingerprint density at radius 2 is 1.80 bits per heavy atom. The molecular weight excluding hydrogens is 344 g/mol. The molecule has 6 heteroatoms. The van der Waals surface area contributed by atoms with E-state index in [9.17, 15) is 8.78 Å². The molecule has 2 aromatic rings. The van der Waals surface area contributed by atoms with Crippen molar-refractivity contribution in [3.05, 3.63) is 52.6 Å². The predicted octanol–water partition coefficient (Wildman–Crippen LogP) is 4.92. The van der Waals surface area contributed by atoms with Gasteiger partial charge in [0.2, 0.25) is 5.28 Å². The molecule has 1 aliphatic carbocycles. The van der Waals surface area contributed by atoms with Crippen LogP contribution in [0, 0.1) is 17.0 Å². The maximum Gasteiger partial charge on any atom is 0.222 e. The molecule has 1 aromatic heterocycles. The molecule has 2 aliphatic rings. The Bertz CT molecular complexity index is 807. The van der Waals surface area contributed by atoms with E-state index in [1.165, 1.54) is 6.07 Å². The highest BCUT2D eigenvalue weighted by Gasteiger charge is 2.41. The van der Waals surface area contributed by atoms with E-state index in [-0.39, 0.29) is 22.5 Å². The molecule has 0 amide bonds. The molecule has 1 aromatic carbocycles. The SMILES string of the molecule is CC1(C)CCN(c2cc(C3CC3c3cnc(Cl)nc3)cc(F)c2F)C1. The summed E-state index contributed by atoms with van der Waals surface area (Å²) in [5.41, 5.74) is 2.35. The average molecular weight is 364 g/mol. The van der Waals surface area contributed by atoms with Gasteiger partial charge in [0, 0.05) is 25.5 Å². The van der Waals surface area contributed by atoms with Crippen LogP contribution in [0.15, 0.2) is 24.5 Å². The number of rotatable bonds is 3. The van der Waals surface area contributed by atoms with E-state index in [1.54, 1.807) is 12.4 Å². The van der Waals surface area contributed by atoms with Crippen LogP contribution in [-0.4, -0.2) is 23.1 Å². The molecule has 3 nitrogen and oxygen atoms in total. The fourth-order valence-electron chi connectivity index (χ4n) is 3.80. The van der Waals surface area contributed by atoms with Gasteiger partial charge in [-0.1, -0.05) is 13.8 Å². The summed E-state index contributed by atoms with van der Waals surface area (Å²) in [6.45, 7) is 5.81. The summed E-state index contributed by atoms with van der Waals surface area (Å²) in [5.74, 6) is -1.09. The Morgan fingerprint density at radius 3 is 2.44 bits per heavy atom. The molecule has 1 saturated carbocycles. The minimum atomic E-state index is -0.768. The number of anilines is 1. The lowest BCUT2D eigenvalue weighted by molar-refractivity contribution is 0.418. The first-order valence-electron chi connectivity index (χ1n) is 8.55. The van der Waals surface area contributed by atoms with Crippen LogP contribution in [0.5, 0.6) is 0 Å². The highest BCUT2D eigenvalue weighted by atomic mass is 35.5. The van der Waals surface area contributed by atoms with Crippen LogP contribution in [0.3, 0.4) is 0 Å². The topological polar surface area (TPSA) is 29.0 Å². The lowest BCUT2D eigenvalue weighted by Crippen LogP contribution is -2.24. The molecule has 0 N–H and O–H groups in total. The van der Waals surface area contributed by atoms with Crippen LogP contribution in [0.1, 0.15) is 49.7 Å². The van der Waals surface area contributed by atoms with Crippen molar-refractivity contribution >= 4 is 17.3 Å². The fraction of sp³-hybridized carbons (Fsp3) is 0.474. The molecule has 2 unspecified atom stereocenters. The molecule has 0 radical (unpaired) electrons. The van der Waals surface area contributed by atoms with E-state index in [0.717, 1.165) is 37.1 Å². The van der Waals surface area contributed by atoms with Gasteiger partial charge in [-0.25, -0.2) is 18.7 Å². The van der Waals surface area contributed by atoms with E-state index in [1.807, 2.05) is 11.0 Å². The molecule has 4 rings (SSSR count). The second kappa shape index (κ2) is 5.90. The zero-order valence-corrected chi connectivity index (χ0v) is 15.0. The molecular formula is C19H20ClF2N3. The summed E-state index contributed by atoms with van der Waals surface area (Å²) in [6.07, 6.45) is 5.29. The Hall–Kier alpha value is -1.75. The van der Waals surface area contributed by atoms with Gasteiger partial charge in [0.15, 0.2) is 11.6 Å². The largest absolute Gasteiger partial charge is 0.369 e. The molecule has 132 valence electrons. The Morgan fingerprint density at radius 1 is 1.12 bits per heavy atom. The van der Waals surface area contributed by atoms with E-state index >= 15 is 0 Å². The maximum atomic E-state index is 14.4. The third-order valence-electron chi connectivity index (χ3n) is 5.34. The van der Waals surface area contributed by atoms with E-state index in [2.05, 4.69) is 23.8 Å². The lowest BCUT2D eigenvalue weighted by Gasteiger charge is -2.23. The van der Waals surface area contributed by atoms with Crippen molar-refractivity contribution in [1.29, 1.82) is 0 Å². The van der Waals surface area contributed by atoms with E-state index in [0.29, 0.717) is 5.69 Å². The lowest BCUT2D eigenvalue weighted by atomic mass is 9.93. The normalized spacial score (nSPS) is 24.6. The molecule has 0 spiro atoms. The van der Waals surface area contributed by atoms with Crippen molar-refractivity contribution in [2.24, 2.45) is 5.41 Å². The highest BCUT2D eigenvalue weighted by molar-refractivity contribution is 6.28. The van der Waals surface area contributed by atoms with Crippen LogP contribution in [0.4, 0.5) is 14.5 Å². The summed E-state index contributed by atoms with van der Waals surface area (Å²) in [7, 11) is 0. The molecule has 1 aliphatic heterocycles. The molecule has 25 heavy (non-hydrogen) atoms. The van der Waals surface area contributed by atoms with Gasteiger partial charge in [0.05, 0.1) is 5.69 Å². The minimum Gasteiger partial charge on any atom is -0.369 e. The number of hydrogen-bond donors (Lipinski definition) is 0. The first-order valence-corrected chi connectivity index (χ1v) is 8.93. The second-order valence-electron chi connectivity index (χ2n) is 7.91. The zero-order chi connectivity index (χ0) is 17.8. The number of aromatic nitrogens is 2. The second-order valence-corrected chi connectivity index (χ2v) is 8.24. The van der Waals surface area contributed by atoms with Crippen LogP contribution < -0.4 is 4.90 Å². The van der Waals surface area contributed by atoms with Crippen molar-refractivity contribution in [2.45, 2.75) is 38.5 Å². The summed E-state index contributed by atoms with van der Waals surface area (Å²) in [6, 6.07) is 3.16. The summed E-state index contributed by atoms with van der Waals surface area (Å²) in [5, 5.41) is 0.215. The Kier molecular flexibility index (Phi) is 3.95. The van der Waals surface area contributed by atoms with Gasteiger partial charge >= 0.3 is 0 Å². The van der Waals surface area contributed by atoms with Gasteiger partial charge < -0.3 is 4.90 Å². The monoisotopic (exact) mass is 363 g/mol. The van der Waals surface area contributed by atoms with Gasteiger partial charge in [-0.2, -0.15) is 0 Å². The van der Waals surface area contributed by atoms with Gasteiger partial charge in [-0.3, -0.25) is 0 Å². The van der Waals surface area contributed by atoms with E-state index < -0.39 is 11.6 Å². The molecule has 2 fully saturated rings. The van der Waals surface area contributed by atoms with Crippen molar-refractivity contribution in [3.63, 3.8) is 0 Å². The first kappa shape index (κ1) is 16.7. The average Bonchev–Trinajstić information content (AvgIpc) is 3.27. The third-order valence-corrected chi connectivity index (χ3v) is 5.53. The van der Waals surface area contributed by atoms with Crippen molar-refractivity contribution in [2.75, 3.05) is 18.0 Å². The molecule has 2 heterocycles. The summed E-state index contributed by atoms with van der Waals surface area (Å²) >= 11 is 5.73. The van der Waals surface area contributed by atoms with Gasteiger partial charge in [-0.05, 0) is 65.0 Å². The standard InChI is InChI=1S/C19H20ClF2N3/c1-19(2)3-4-25(10-19)16-6-11(5-15(21)17(16)22)13-7-14(13)12-8-23-18(20)24-9-12/h5-6,8-9,13-14H,3-4,7,10H2,1-2H3. The Labute approximate surface area is 151 Å². The van der Waals surface area contributed by atoms with Crippen LogP contribution >= 0.6 is 11.6 Å². The molecule has 0 bridgehead atoms. The van der Waals surface area contributed by atoms with Crippen molar-refractivity contribution < 1.29 is 8.78 Å².